The first kappa shape index (κ1) is 17.4. The van der Waals surface area contributed by atoms with Gasteiger partial charge in [0.15, 0.2) is 5.78 Å². The third-order valence-electron chi connectivity index (χ3n) is 5.50. The fourth-order valence-corrected chi connectivity index (χ4v) is 3.92. The number of anilines is 1. The van der Waals surface area contributed by atoms with E-state index in [1.54, 1.807) is 10.9 Å². The van der Waals surface area contributed by atoms with Crippen molar-refractivity contribution in [2.75, 3.05) is 5.73 Å². The second kappa shape index (κ2) is 6.44. The van der Waals surface area contributed by atoms with Gasteiger partial charge in [-0.05, 0) is 54.3 Å². The topological polar surface area (TPSA) is 89.6 Å². The van der Waals surface area contributed by atoms with Gasteiger partial charge in [-0.2, -0.15) is 5.10 Å². The maximum Gasteiger partial charge on any atom is 0.194 e. The number of rotatable bonds is 4. The summed E-state index contributed by atoms with van der Waals surface area (Å²) < 4.78 is 1.60. The molecule has 2 aromatic carbocycles. The molecule has 0 bridgehead atoms. The van der Waals surface area contributed by atoms with Crippen LogP contribution in [0, 0.1) is 6.92 Å². The fourth-order valence-electron chi connectivity index (χ4n) is 3.92. The molecule has 0 saturated carbocycles. The van der Waals surface area contributed by atoms with E-state index in [-0.39, 0.29) is 5.78 Å². The highest BCUT2D eigenvalue weighted by Gasteiger charge is 2.24. The maximum absolute atomic E-state index is 13.1. The van der Waals surface area contributed by atoms with Gasteiger partial charge >= 0.3 is 0 Å². The fraction of sp³-hybridized carbons (Fsp3) is 0.174. The number of imidazole rings is 1. The predicted molar refractivity (Wildman–Crippen MR) is 114 cm³/mol. The van der Waals surface area contributed by atoms with E-state index in [2.05, 4.69) is 40.2 Å². The first-order chi connectivity index (χ1) is 14.0. The van der Waals surface area contributed by atoms with Crippen LogP contribution in [-0.2, 0) is 12.8 Å². The van der Waals surface area contributed by atoms with Gasteiger partial charge in [-0.1, -0.05) is 25.1 Å². The third-order valence-corrected chi connectivity index (χ3v) is 5.50. The van der Waals surface area contributed by atoms with Crippen LogP contribution in [0.4, 0.5) is 5.82 Å². The van der Waals surface area contributed by atoms with E-state index >= 15 is 0 Å². The number of benzene rings is 2. The van der Waals surface area contributed by atoms with Gasteiger partial charge in [-0.3, -0.25) is 4.79 Å². The van der Waals surface area contributed by atoms with Crippen molar-refractivity contribution in [3.63, 3.8) is 0 Å². The number of fused-ring (bicyclic) bond motifs is 2. The lowest BCUT2D eigenvalue weighted by molar-refractivity contribution is 0.103. The highest BCUT2D eigenvalue weighted by Crippen LogP contribution is 2.30. The summed E-state index contributed by atoms with van der Waals surface area (Å²) in [5, 5.41) is 4.38. The number of aryl methyl sites for hydroxylation is 2. The van der Waals surface area contributed by atoms with Crippen molar-refractivity contribution in [3.05, 3.63) is 76.2 Å². The largest absolute Gasteiger partial charge is 0.383 e. The zero-order chi connectivity index (χ0) is 20.1. The summed E-state index contributed by atoms with van der Waals surface area (Å²) in [4.78, 5) is 20.8. The second-order valence-corrected chi connectivity index (χ2v) is 7.44. The lowest BCUT2D eigenvalue weighted by atomic mass is 10.0. The van der Waals surface area contributed by atoms with E-state index in [9.17, 15) is 4.79 Å². The Hall–Kier alpha value is -3.67. The Labute approximate surface area is 168 Å². The first-order valence-electron chi connectivity index (χ1n) is 9.71. The first-order valence-corrected chi connectivity index (χ1v) is 9.71. The monoisotopic (exact) mass is 383 g/mol. The van der Waals surface area contributed by atoms with E-state index in [0.29, 0.717) is 17.8 Å². The summed E-state index contributed by atoms with van der Waals surface area (Å²) >= 11 is 0. The van der Waals surface area contributed by atoms with Gasteiger partial charge in [-0.25, -0.2) is 9.67 Å². The van der Waals surface area contributed by atoms with Crippen molar-refractivity contribution in [1.29, 1.82) is 0 Å². The number of nitrogens with two attached hydrogens (primary N) is 1. The lowest BCUT2D eigenvalue weighted by Gasteiger charge is -2.05. The summed E-state index contributed by atoms with van der Waals surface area (Å²) in [6.45, 7) is 4.04. The molecule has 29 heavy (non-hydrogen) atoms. The Kier molecular flexibility index (Phi) is 3.87. The lowest BCUT2D eigenvalue weighted by Crippen LogP contribution is -2.08. The Morgan fingerprint density at radius 1 is 1.24 bits per heavy atom. The molecule has 5 rings (SSSR count). The Bertz CT molecular complexity index is 1310. The van der Waals surface area contributed by atoms with Gasteiger partial charge in [-0.15, -0.1) is 0 Å². The molecule has 2 heterocycles. The molecule has 3 N–H and O–H groups in total. The SMILES string of the molecule is CCc1ccc2c(c1)C=C(C(=O)c1cnn(-c3ccc4nc(C)[nH]c4c3)c1N)C2. The molecule has 1 aliphatic carbocycles. The minimum atomic E-state index is -0.0681. The molecule has 0 fully saturated rings. The molecule has 1 aliphatic rings. The van der Waals surface area contributed by atoms with Gasteiger partial charge < -0.3 is 10.7 Å². The molecule has 6 nitrogen and oxygen atoms in total. The number of allylic oxidation sites excluding steroid dienone is 1. The average molecular weight is 383 g/mol. The molecule has 6 heteroatoms. The van der Waals surface area contributed by atoms with E-state index < -0.39 is 0 Å². The van der Waals surface area contributed by atoms with Crippen LogP contribution in [0.2, 0.25) is 0 Å². The van der Waals surface area contributed by atoms with Gasteiger partial charge in [0.1, 0.15) is 11.6 Å². The standard InChI is InChI=1S/C23H21N5O/c1-3-14-4-5-15-9-17(10-16(15)8-14)22(29)19-12-25-28(23(19)24)18-6-7-20-21(11-18)27-13(2)26-20/h4-8,10-12H,3,9,24H2,1-2H3,(H,26,27). The minimum absolute atomic E-state index is 0.0681. The van der Waals surface area contributed by atoms with Crippen molar-refractivity contribution < 1.29 is 4.79 Å². The van der Waals surface area contributed by atoms with Crippen molar-refractivity contribution >= 4 is 28.7 Å². The van der Waals surface area contributed by atoms with Crippen LogP contribution in [-0.4, -0.2) is 25.5 Å². The van der Waals surface area contributed by atoms with Crippen LogP contribution in [0.5, 0.6) is 0 Å². The second-order valence-electron chi connectivity index (χ2n) is 7.44. The van der Waals surface area contributed by atoms with Crippen LogP contribution in [0.25, 0.3) is 22.8 Å². The number of H-pyrrole nitrogens is 1. The number of nitrogen functional groups attached to an aromatic ring is 1. The Morgan fingerprint density at radius 3 is 2.93 bits per heavy atom. The summed E-state index contributed by atoms with van der Waals surface area (Å²) in [6.07, 6.45) is 5.14. The number of Topliss-reactive ketones (excluding diaryl/α,β-unsaturated/α-hetero) is 1. The number of hydrogen-bond acceptors (Lipinski definition) is 4. The van der Waals surface area contributed by atoms with Gasteiger partial charge in [0, 0.05) is 12.0 Å². The molecule has 0 saturated heterocycles. The van der Waals surface area contributed by atoms with Gasteiger partial charge in [0.2, 0.25) is 0 Å². The summed E-state index contributed by atoms with van der Waals surface area (Å²) in [5.74, 6) is 1.12. The smallest absolute Gasteiger partial charge is 0.194 e. The van der Waals surface area contributed by atoms with Crippen LogP contribution in [0.1, 0.15) is 39.8 Å². The quantitative estimate of drug-likeness (QED) is 0.521. The highest BCUT2D eigenvalue weighted by molar-refractivity contribution is 6.15. The van der Waals surface area contributed by atoms with Crippen LogP contribution in [0.3, 0.4) is 0 Å². The highest BCUT2D eigenvalue weighted by atomic mass is 16.1. The van der Waals surface area contributed by atoms with Crippen molar-refractivity contribution in [1.82, 2.24) is 19.7 Å². The predicted octanol–water partition coefficient (Wildman–Crippen LogP) is 4.02. The minimum Gasteiger partial charge on any atom is -0.383 e. The van der Waals surface area contributed by atoms with Gasteiger partial charge in [0.05, 0.1) is 28.5 Å². The Balaban J connectivity index is 1.48. The van der Waals surface area contributed by atoms with E-state index in [0.717, 1.165) is 40.1 Å². The maximum atomic E-state index is 13.1. The molecule has 144 valence electrons. The van der Waals surface area contributed by atoms with Gasteiger partial charge in [0.25, 0.3) is 0 Å². The van der Waals surface area contributed by atoms with Crippen LogP contribution in [0.15, 0.2) is 48.2 Å². The number of nitrogens with one attached hydrogen (secondary N) is 1. The average Bonchev–Trinajstić information content (AvgIpc) is 3.41. The number of aromatic amines is 1. The molecule has 0 spiro atoms. The normalized spacial score (nSPS) is 13.0. The third kappa shape index (κ3) is 2.84. The summed E-state index contributed by atoms with van der Waals surface area (Å²) in [6, 6.07) is 12.1. The summed E-state index contributed by atoms with van der Waals surface area (Å²) in [5.41, 5.74) is 13.7. The molecular formula is C23H21N5O. The molecule has 0 atom stereocenters. The van der Waals surface area contributed by atoms with E-state index in [4.69, 9.17) is 5.73 Å². The molecule has 0 unspecified atom stereocenters. The van der Waals surface area contributed by atoms with E-state index in [1.807, 2.05) is 31.2 Å². The number of hydrogen-bond donors (Lipinski definition) is 2. The molecule has 0 aliphatic heterocycles. The molecule has 4 aromatic rings. The summed E-state index contributed by atoms with van der Waals surface area (Å²) in [7, 11) is 0. The molecule has 0 radical (unpaired) electrons. The number of ketones is 1. The molecular weight excluding hydrogens is 362 g/mol. The van der Waals surface area contributed by atoms with Crippen molar-refractivity contribution in [3.8, 4) is 5.69 Å². The zero-order valence-corrected chi connectivity index (χ0v) is 16.4. The van der Waals surface area contributed by atoms with Crippen molar-refractivity contribution in [2.45, 2.75) is 26.7 Å². The van der Waals surface area contributed by atoms with Crippen LogP contribution < -0.4 is 5.73 Å². The number of carbonyl (C=O) groups excluding carboxylic acids is 1. The van der Waals surface area contributed by atoms with Crippen LogP contribution >= 0.6 is 0 Å². The zero-order valence-electron chi connectivity index (χ0n) is 16.4. The van der Waals surface area contributed by atoms with Crippen molar-refractivity contribution in [2.24, 2.45) is 0 Å². The molecule has 2 aromatic heterocycles. The Morgan fingerprint density at radius 2 is 2.10 bits per heavy atom. The number of nitrogens with zero attached hydrogens (tertiary/aromatic N) is 3. The number of aromatic nitrogens is 4. The molecule has 0 amide bonds. The number of carbonyl (C=O) groups is 1. The van der Waals surface area contributed by atoms with E-state index in [1.165, 1.54) is 11.1 Å².